The first-order valence-corrected chi connectivity index (χ1v) is 8.74. The molecule has 3 rings (SSSR count). The van der Waals surface area contributed by atoms with Crippen LogP contribution in [-0.4, -0.2) is 80.6 Å². The molecule has 0 unspecified atom stereocenters. The van der Waals surface area contributed by atoms with E-state index in [1.807, 2.05) is 18.2 Å². The molecule has 9 heteroatoms. The molecule has 0 radical (unpaired) electrons. The molecular weight excluding hydrogens is 353 g/mol. The molecule has 25 heavy (non-hydrogen) atoms. The standard InChI is InChI=1S/C16H19N3O4S.Na.H/c1-8-7-24-15-11(14(21)19(15)12(8)16(22)23)18-13(20)10(17)9-5-3-2-4-6-9;;/h2-3,6,10-11,15H,4-5,7,17H2,1H3,(H,18,20)(H,22,23);;/t10-,11-,15-;;/m1../s1. The zero-order valence-electron chi connectivity index (χ0n) is 13.2. The molecule has 1 saturated heterocycles. The van der Waals surface area contributed by atoms with E-state index in [0.717, 1.165) is 12.0 Å². The predicted octanol–water partition coefficient (Wildman–Crippen LogP) is -0.300. The van der Waals surface area contributed by atoms with E-state index in [4.69, 9.17) is 5.73 Å². The second-order valence-corrected chi connectivity index (χ2v) is 7.10. The average molecular weight is 373 g/mol. The van der Waals surface area contributed by atoms with Gasteiger partial charge in [0.05, 0.1) is 0 Å². The van der Waals surface area contributed by atoms with Crippen LogP contribution in [-0.2, 0) is 14.4 Å². The van der Waals surface area contributed by atoms with Gasteiger partial charge in [-0.25, -0.2) is 4.79 Å². The molecule has 0 spiro atoms. The Labute approximate surface area is 172 Å². The molecule has 0 saturated carbocycles. The van der Waals surface area contributed by atoms with Crippen molar-refractivity contribution in [1.29, 1.82) is 0 Å². The van der Waals surface area contributed by atoms with E-state index in [1.54, 1.807) is 6.92 Å². The van der Waals surface area contributed by atoms with Crippen molar-refractivity contribution in [2.45, 2.75) is 37.2 Å². The Balaban J connectivity index is 0.00000225. The number of fused-ring (bicyclic) bond motifs is 1. The molecule has 2 amide bonds. The molecule has 1 fully saturated rings. The molecule has 0 aromatic heterocycles. The summed E-state index contributed by atoms with van der Waals surface area (Å²) < 4.78 is 0. The average Bonchev–Trinajstić information content (AvgIpc) is 2.59. The molecule has 7 nitrogen and oxygen atoms in total. The number of rotatable bonds is 4. The summed E-state index contributed by atoms with van der Waals surface area (Å²) in [6.07, 6.45) is 7.26. The van der Waals surface area contributed by atoms with Crippen molar-refractivity contribution in [3.8, 4) is 0 Å². The van der Waals surface area contributed by atoms with Gasteiger partial charge in [-0.2, -0.15) is 0 Å². The first-order valence-electron chi connectivity index (χ1n) is 7.69. The van der Waals surface area contributed by atoms with Gasteiger partial charge in [0.25, 0.3) is 5.91 Å². The van der Waals surface area contributed by atoms with E-state index in [9.17, 15) is 19.5 Å². The maximum absolute atomic E-state index is 12.3. The first-order chi connectivity index (χ1) is 11.4. The quantitative estimate of drug-likeness (QED) is 0.354. The molecule has 2 aliphatic heterocycles. The fourth-order valence-corrected chi connectivity index (χ4v) is 4.35. The van der Waals surface area contributed by atoms with E-state index in [1.165, 1.54) is 16.7 Å². The molecule has 3 atom stereocenters. The van der Waals surface area contributed by atoms with Crippen LogP contribution < -0.4 is 11.1 Å². The van der Waals surface area contributed by atoms with Crippen LogP contribution in [0.2, 0.25) is 0 Å². The van der Waals surface area contributed by atoms with E-state index in [0.29, 0.717) is 17.7 Å². The van der Waals surface area contributed by atoms with Crippen LogP contribution in [0.3, 0.4) is 0 Å². The van der Waals surface area contributed by atoms with Gasteiger partial charge < -0.3 is 16.2 Å². The Kier molecular flexibility index (Phi) is 6.56. The third-order valence-electron chi connectivity index (χ3n) is 4.38. The summed E-state index contributed by atoms with van der Waals surface area (Å²) in [6.45, 7) is 1.70. The van der Waals surface area contributed by atoms with Gasteiger partial charge in [-0.3, -0.25) is 14.5 Å². The van der Waals surface area contributed by atoms with Crippen LogP contribution in [0, 0.1) is 0 Å². The number of nitrogens with two attached hydrogens (primary N) is 1. The topological polar surface area (TPSA) is 113 Å². The summed E-state index contributed by atoms with van der Waals surface area (Å²) in [5.41, 5.74) is 7.49. The van der Waals surface area contributed by atoms with Gasteiger partial charge in [-0.15, -0.1) is 11.8 Å². The van der Waals surface area contributed by atoms with Gasteiger partial charge in [-0.05, 0) is 30.9 Å². The van der Waals surface area contributed by atoms with Gasteiger partial charge in [0.15, 0.2) is 0 Å². The van der Waals surface area contributed by atoms with E-state index in [2.05, 4.69) is 5.32 Å². The molecule has 0 bridgehead atoms. The van der Waals surface area contributed by atoms with Crippen molar-refractivity contribution in [3.05, 3.63) is 35.1 Å². The Hall–Kier alpha value is -1.06. The zero-order chi connectivity index (χ0) is 17.4. The number of nitrogens with one attached hydrogen (secondary N) is 1. The van der Waals surface area contributed by atoms with Gasteiger partial charge in [0, 0.05) is 5.75 Å². The first kappa shape index (κ1) is 20.3. The van der Waals surface area contributed by atoms with Crippen molar-refractivity contribution in [3.63, 3.8) is 0 Å². The second-order valence-electron chi connectivity index (χ2n) is 6.00. The molecular formula is C16H20N3NaO4S. The van der Waals surface area contributed by atoms with Crippen LogP contribution >= 0.6 is 11.8 Å². The summed E-state index contributed by atoms with van der Waals surface area (Å²) >= 11 is 1.45. The minimum absolute atomic E-state index is 0. The molecule has 3 aliphatic rings. The molecule has 1 aliphatic carbocycles. The summed E-state index contributed by atoms with van der Waals surface area (Å²) in [6, 6.07) is -1.52. The van der Waals surface area contributed by atoms with Crippen LogP contribution in [0.5, 0.6) is 0 Å². The number of carboxylic acid groups (broad SMARTS) is 1. The minimum atomic E-state index is -1.12. The summed E-state index contributed by atoms with van der Waals surface area (Å²) in [7, 11) is 0. The maximum atomic E-state index is 12.3. The second kappa shape index (κ2) is 8.09. The number of thioether (sulfide) groups is 1. The zero-order valence-corrected chi connectivity index (χ0v) is 14.0. The van der Waals surface area contributed by atoms with Gasteiger partial charge >= 0.3 is 35.5 Å². The van der Waals surface area contributed by atoms with E-state index < -0.39 is 29.9 Å². The predicted molar refractivity (Wildman–Crippen MR) is 96.9 cm³/mol. The van der Waals surface area contributed by atoms with Crippen molar-refractivity contribution >= 4 is 59.1 Å². The van der Waals surface area contributed by atoms with Crippen LogP contribution in [0.15, 0.2) is 35.1 Å². The number of hydrogen-bond donors (Lipinski definition) is 3. The van der Waals surface area contributed by atoms with E-state index in [-0.39, 0.29) is 40.6 Å². The van der Waals surface area contributed by atoms with Crippen LogP contribution in [0.1, 0.15) is 19.8 Å². The number of carboxylic acids is 1. The Morgan fingerprint density at radius 1 is 1.44 bits per heavy atom. The number of β-lactam (4-membered cyclic amide) rings is 1. The van der Waals surface area contributed by atoms with Crippen LogP contribution in [0.4, 0.5) is 0 Å². The van der Waals surface area contributed by atoms with Crippen molar-refractivity contribution < 1.29 is 19.5 Å². The number of carbonyl (C=O) groups excluding carboxylic acids is 2. The molecule has 4 N–H and O–H groups in total. The summed E-state index contributed by atoms with van der Waals surface area (Å²) in [5.74, 6) is -1.41. The summed E-state index contributed by atoms with van der Waals surface area (Å²) in [5, 5.41) is 11.6. The third kappa shape index (κ3) is 3.73. The molecule has 130 valence electrons. The molecule has 2 heterocycles. The number of carbonyl (C=O) groups is 3. The van der Waals surface area contributed by atoms with Gasteiger partial charge in [-0.1, -0.05) is 18.2 Å². The SMILES string of the molecule is CC1=C(C(=O)O)N2C(=O)[C@@H](NC(=O)[C@H](N)C3=CCC=CC3)[C@H]2SC1.[NaH]. The van der Waals surface area contributed by atoms with Crippen molar-refractivity contribution in [2.75, 3.05) is 5.75 Å². The summed E-state index contributed by atoms with van der Waals surface area (Å²) in [4.78, 5) is 37.3. The normalized spacial score (nSPS) is 26.1. The van der Waals surface area contributed by atoms with Crippen LogP contribution in [0.25, 0.3) is 0 Å². The molecule has 0 aromatic carbocycles. The van der Waals surface area contributed by atoms with Crippen molar-refractivity contribution in [2.24, 2.45) is 5.73 Å². The monoisotopic (exact) mass is 373 g/mol. The van der Waals surface area contributed by atoms with Gasteiger partial charge in [0.1, 0.15) is 23.2 Å². The third-order valence-corrected chi connectivity index (χ3v) is 5.80. The number of hydrogen-bond acceptors (Lipinski definition) is 5. The Bertz CT molecular complexity index is 703. The Morgan fingerprint density at radius 2 is 2.16 bits per heavy atom. The number of allylic oxidation sites excluding steroid dienone is 3. The van der Waals surface area contributed by atoms with E-state index >= 15 is 0 Å². The molecule has 0 aromatic rings. The van der Waals surface area contributed by atoms with Crippen molar-refractivity contribution in [1.82, 2.24) is 10.2 Å². The number of amides is 2. The number of aliphatic carboxylic acids is 1. The fraction of sp³-hybridized carbons (Fsp3) is 0.438. The Morgan fingerprint density at radius 3 is 2.76 bits per heavy atom. The number of nitrogens with zero attached hydrogens (tertiary/aromatic N) is 1. The fourth-order valence-electron chi connectivity index (χ4n) is 3.06. The van der Waals surface area contributed by atoms with Gasteiger partial charge in [0.2, 0.25) is 5.91 Å².